The lowest BCUT2D eigenvalue weighted by molar-refractivity contribution is 0.371. The van der Waals surface area contributed by atoms with Crippen LogP contribution in [0.1, 0.15) is 11.4 Å². The third-order valence-electron chi connectivity index (χ3n) is 3.30. The Morgan fingerprint density at radius 2 is 2.14 bits per heavy atom. The van der Waals surface area contributed by atoms with Gasteiger partial charge in [0.1, 0.15) is 0 Å². The quantitative estimate of drug-likeness (QED) is 0.632. The molecule has 0 unspecified atom stereocenters. The fraction of sp³-hybridized carbons (Fsp3) is 0.200. The Morgan fingerprint density at radius 1 is 1.27 bits per heavy atom. The normalized spacial score (nSPS) is 11.0. The van der Waals surface area contributed by atoms with Crippen molar-refractivity contribution in [2.45, 2.75) is 13.1 Å². The second-order valence-electron chi connectivity index (χ2n) is 4.78. The minimum Gasteiger partial charge on any atom is -0.504 e. The first kappa shape index (κ1) is 15.0. The van der Waals surface area contributed by atoms with Crippen molar-refractivity contribution in [2.24, 2.45) is 0 Å². The number of benzene rings is 1. The van der Waals surface area contributed by atoms with E-state index in [0.29, 0.717) is 18.8 Å². The predicted molar refractivity (Wildman–Crippen MR) is 90.9 cm³/mol. The molecule has 3 aromatic rings. The van der Waals surface area contributed by atoms with Crippen molar-refractivity contribution in [3.8, 4) is 11.5 Å². The van der Waals surface area contributed by atoms with E-state index in [2.05, 4.69) is 38.1 Å². The molecule has 0 aliphatic carbocycles. The number of hydrogen-bond acceptors (Lipinski definition) is 5. The van der Waals surface area contributed by atoms with Gasteiger partial charge >= 0.3 is 0 Å². The number of rotatable bonds is 5. The Kier molecular flexibility index (Phi) is 4.44. The van der Waals surface area contributed by atoms with Crippen LogP contribution in [-0.4, -0.2) is 26.8 Å². The summed E-state index contributed by atoms with van der Waals surface area (Å²) < 4.78 is 7.89. The number of phenols is 1. The van der Waals surface area contributed by atoms with Gasteiger partial charge in [0, 0.05) is 12.7 Å². The van der Waals surface area contributed by atoms with E-state index in [-0.39, 0.29) is 5.75 Å². The Hall–Kier alpha value is -1.87. The monoisotopic (exact) mass is 410 g/mol. The summed E-state index contributed by atoms with van der Waals surface area (Å²) in [5.74, 6) is 1.52. The van der Waals surface area contributed by atoms with Gasteiger partial charge in [-0.2, -0.15) is 0 Å². The number of aromatic nitrogens is 3. The van der Waals surface area contributed by atoms with Gasteiger partial charge in [-0.15, -0.1) is 10.2 Å². The molecule has 0 spiro atoms. The van der Waals surface area contributed by atoms with E-state index >= 15 is 0 Å². The number of phenolic OH excluding ortho intramolecular Hbond substituents is 1. The smallest absolute Gasteiger partial charge is 0.171 e. The number of fused-ring (bicyclic) bond motifs is 1. The first-order chi connectivity index (χ1) is 10.7. The maximum absolute atomic E-state index is 9.84. The summed E-state index contributed by atoms with van der Waals surface area (Å²) in [7, 11) is 1.55. The molecule has 3 rings (SSSR count). The minimum absolute atomic E-state index is 0.176. The van der Waals surface area contributed by atoms with Gasteiger partial charge in [-0.05, 0) is 52.4 Å². The molecule has 1 aromatic carbocycles. The van der Waals surface area contributed by atoms with E-state index in [1.165, 1.54) is 0 Å². The van der Waals surface area contributed by atoms with Gasteiger partial charge < -0.3 is 15.2 Å². The van der Waals surface area contributed by atoms with Crippen LogP contribution in [0.4, 0.5) is 0 Å². The van der Waals surface area contributed by atoms with Crippen LogP contribution >= 0.6 is 22.6 Å². The van der Waals surface area contributed by atoms with Crippen LogP contribution in [0.25, 0.3) is 5.65 Å². The lowest BCUT2D eigenvalue weighted by Crippen LogP contribution is -2.15. The third kappa shape index (κ3) is 3.00. The molecule has 0 radical (unpaired) electrons. The largest absolute Gasteiger partial charge is 0.504 e. The molecule has 0 saturated carbocycles. The average molecular weight is 410 g/mol. The first-order valence-corrected chi connectivity index (χ1v) is 7.81. The number of nitrogens with zero attached hydrogens (tertiary/aromatic N) is 3. The van der Waals surface area contributed by atoms with Crippen molar-refractivity contribution in [3.05, 3.63) is 51.5 Å². The molecular weight excluding hydrogens is 395 g/mol. The van der Waals surface area contributed by atoms with E-state index < -0.39 is 0 Å². The van der Waals surface area contributed by atoms with Gasteiger partial charge in [0.15, 0.2) is 23.0 Å². The van der Waals surface area contributed by atoms with Gasteiger partial charge in [-0.25, -0.2) is 0 Å². The fourth-order valence-electron chi connectivity index (χ4n) is 2.22. The van der Waals surface area contributed by atoms with Crippen LogP contribution < -0.4 is 10.1 Å². The molecule has 0 fully saturated rings. The maximum atomic E-state index is 9.84. The van der Waals surface area contributed by atoms with E-state index in [4.69, 9.17) is 4.74 Å². The molecule has 6 nitrogen and oxygen atoms in total. The molecule has 0 atom stereocenters. The molecule has 2 heterocycles. The second-order valence-corrected chi connectivity index (χ2v) is 5.94. The lowest BCUT2D eigenvalue weighted by atomic mass is 10.2. The summed E-state index contributed by atoms with van der Waals surface area (Å²) in [5, 5.41) is 21.5. The topological polar surface area (TPSA) is 71.7 Å². The first-order valence-electron chi connectivity index (χ1n) is 6.74. The maximum Gasteiger partial charge on any atom is 0.171 e. The highest BCUT2D eigenvalue weighted by Crippen LogP contribution is 2.32. The number of nitrogens with one attached hydrogen (secondary N) is 1. The van der Waals surface area contributed by atoms with E-state index in [1.807, 2.05) is 40.9 Å². The van der Waals surface area contributed by atoms with Gasteiger partial charge in [-0.1, -0.05) is 6.07 Å². The summed E-state index contributed by atoms with van der Waals surface area (Å²) in [6, 6.07) is 9.56. The standard InChI is InChI=1S/C15H15IN4O2/c1-22-12-7-10(6-11(16)15(12)21)8-17-9-14-19-18-13-4-2-3-5-20(13)14/h2-7,17,21H,8-9H2,1H3. The molecule has 2 N–H and O–H groups in total. The SMILES string of the molecule is COc1cc(CNCc2nnc3ccccn23)cc(I)c1O. The Labute approximate surface area is 141 Å². The third-order valence-corrected chi connectivity index (χ3v) is 4.13. The van der Waals surface area contributed by atoms with Crippen molar-refractivity contribution in [1.29, 1.82) is 0 Å². The number of aromatic hydroxyl groups is 1. The molecule has 0 aliphatic heterocycles. The molecule has 114 valence electrons. The molecular formula is C15H15IN4O2. The molecule has 0 bridgehead atoms. The van der Waals surface area contributed by atoms with Crippen LogP contribution in [0, 0.1) is 3.57 Å². The summed E-state index contributed by atoms with van der Waals surface area (Å²) >= 11 is 2.09. The van der Waals surface area contributed by atoms with Gasteiger partial charge in [0.25, 0.3) is 0 Å². The molecule has 0 saturated heterocycles. The van der Waals surface area contributed by atoms with Gasteiger partial charge in [-0.3, -0.25) is 4.40 Å². The summed E-state index contributed by atoms with van der Waals surface area (Å²) in [4.78, 5) is 0. The number of ether oxygens (including phenoxy) is 1. The van der Waals surface area contributed by atoms with Crippen LogP contribution in [0.2, 0.25) is 0 Å². The predicted octanol–water partition coefficient (Wildman–Crippen LogP) is 2.34. The summed E-state index contributed by atoms with van der Waals surface area (Å²) in [5.41, 5.74) is 1.87. The number of pyridine rings is 1. The van der Waals surface area contributed by atoms with E-state index in [9.17, 15) is 5.11 Å². The number of hydrogen-bond donors (Lipinski definition) is 2. The molecule has 0 amide bonds. The zero-order chi connectivity index (χ0) is 15.5. The van der Waals surface area contributed by atoms with Crippen molar-refractivity contribution in [2.75, 3.05) is 7.11 Å². The molecule has 7 heteroatoms. The summed E-state index contributed by atoms with van der Waals surface area (Å²) in [6.45, 7) is 1.25. The Balaban J connectivity index is 1.69. The highest BCUT2D eigenvalue weighted by atomic mass is 127. The zero-order valence-corrected chi connectivity index (χ0v) is 14.1. The van der Waals surface area contributed by atoms with Crippen molar-refractivity contribution in [1.82, 2.24) is 19.9 Å². The van der Waals surface area contributed by atoms with Crippen LogP contribution in [0.3, 0.4) is 0 Å². The number of halogens is 1. The minimum atomic E-state index is 0.176. The van der Waals surface area contributed by atoms with Crippen molar-refractivity contribution in [3.63, 3.8) is 0 Å². The van der Waals surface area contributed by atoms with E-state index in [0.717, 1.165) is 20.6 Å². The Bertz CT molecular complexity index is 803. The Morgan fingerprint density at radius 3 is 2.95 bits per heavy atom. The average Bonchev–Trinajstić information content (AvgIpc) is 2.94. The van der Waals surface area contributed by atoms with Gasteiger partial charge in [0.05, 0.1) is 17.2 Å². The van der Waals surface area contributed by atoms with Gasteiger partial charge in [0.2, 0.25) is 0 Å². The molecule has 2 aromatic heterocycles. The molecule has 22 heavy (non-hydrogen) atoms. The number of methoxy groups -OCH3 is 1. The van der Waals surface area contributed by atoms with Crippen LogP contribution in [-0.2, 0) is 13.1 Å². The fourth-order valence-corrected chi connectivity index (χ4v) is 2.88. The van der Waals surface area contributed by atoms with Crippen molar-refractivity contribution < 1.29 is 9.84 Å². The molecule has 0 aliphatic rings. The summed E-state index contributed by atoms with van der Waals surface area (Å²) in [6.07, 6.45) is 1.94. The van der Waals surface area contributed by atoms with Crippen LogP contribution in [0.15, 0.2) is 36.5 Å². The second kappa shape index (κ2) is 6.49. The highest BCUT2D eigenvalue weighted by molar-refractivity contribution is 14.1. The van der Waals surface area contributed by atoms with Crippen molar-refractivity contribution >= 4 is 28.2 Å². The highest BCUT2D eigenvalue weighted by Gasteiger charge is 2.09. The van der Waals surface area contributed by atoms with E-state index in [1.54, 1.807) is 7.11 Å². The van der Waals surface area contributed by atoms with Crippen LogP contribution in [0.5, 0.6) is 11.5 Å². The zero-order valence-electron chi connectivity index (χ0n) is 12.0. The lowest BCUT2D eigenvalue weighted by Gasteiger charge is -2.09.